The number of carbonyl (C=O) groups is 7. The van der Waals surface area contributed by atoms with E-state index in [2.05, 4.69) is 31.9 Å². The topological polar surface area (TPSA) is 297 Å². The summed E-state index contributed by atoms with van der Waals surface area (Å²) in [6.45, 7) is 16.4. The van der Waals surface area contributed by atoms with Crippen LogP contribution in [0.5, 0.6) is 0 Å². The van der Waals surface area contributed by atoms with Gasteiger partial charge in [0.2, 0.25) is 35.4 Å². The Morgan fingerprint density at radius 2 is 1.22 bits per heavy atom. The fraction of sp³-hybridized carbons (Fsp3) is 0.825. The smallest absolute Gasteiger partial charge is 0.326 e. The van der Waals surface area contributed by atoms with Crippen LogP contribution >= 0.6 is 0 Å². The molecule has 19 nitrogen and oxygen atoms in total. The van der Waals surface area contributed by atoms with E-state index >= 15 is 0 Å². The van der Waals surface area contributed by atoms with E-state index < -0.39 is 109 Å². The van der Waals surface area contributed by atoms with E-state index in [0.29, 0.717) is 6.42 Å². The normalized spacial score (nSPS) is 26.0. The Morgan fingerprint density at radius 3 is 1.71 bits per heavy atom. The van der Waals surface area contributed by atoms with Crippen molar-refractivity contribution in [1.29, 1.82) is 0 Å². The predicted octanol–water partition coefficient (Wildman–Crippen LogP) is -0.550. The first kappa shape index (κ1) is 53.1. The molecule has 0 aromatic rings. The van der Waals surface area contributed by atoms with Gasteiger partial charge in [0.15, 0.2) is 0 Å². The Hall–Kier alpha value is -3.91. The molecule has 1 heterocycles. The van der Waals surface area contributed by atoms with Gasteiger partial charge in [0.1, 0.15) is 48.0 Å². The van der Waals surface area contributed by atoms with E-state index in [1.165, 1.54) is 13.8 Å². The van der Waals surface area contributed by atoms with Gasteiger partial charge in [0.05, 0.1) is 19.3 Å². The van der Waals surface area contributed by atoms with Crippen LogP contribution in [0.3, 0.4) is 0 Å². The summed E-state index contributed by atoms with van der Waals surface area (Å²) in [6.07, 6.45) is -2.42. The minimum absolute atomic E-state index is 0.0504. The van der Waals surface area contributed by atoms with E-state index in [4.69, 9.17) is 15.2 Å². The standard InChI is InChI=1S/C40H73N7O12/c1-21(2)15-25(41)33(50)44-28(16-22(3)4)34(51)42-26-11-13-58-19-31(48)32(49)20-59-14-12-27(38(55)56)43-35(52)29(17-23(5)6)45-36(53)30(18-24(7)8)46-39(57)40(9,10)47-37(26)54/h21-32,48-49H,11-20,41H2,1-10H3,(H,42,51)(H,43,52)(H,44,50)(H,45,53)(H,46,57)(H,47,54)(H,55,56)/t25-,26?,27-,28-,29+,30-,31?,32?/m0/s1. The number of carboxylic acid groups (broad SMARTS) is 1. The summed E-state index contributed by atoms with van der Waals surface area (Å²) in [7, 11) is 0. The second-order valence-corrected chi connectivity index (χ2v) is 17.7. The van der Waals surface area contributed by atoms with Crippen LogP contribution in [-0.4, -0.2) is 137 Å². The van der Waals surface area contributed by atoms with Gasteiger partial charge in [-0.2, -0.15) is 0 Å². The van der Waals surface area contributed by atoms with Crippen LogP contribution in [0.15, 0.2) is 0 Å². The molecule has 59 heavy (non-hydrogen) atoms. The van der Waals surface area contributed by atoms with E-state index in [0.717, 1.165) is 0 Å². The summed E-state index contributed by atoms with van der Waals surface area (Å²) in [5.41, 5.74) is 4.41. The number of nitrogens with two attached hydrogens (primary N) is 1. The van der Waals surface area contributed by atoms with Crippen LogP contribution < -0.4 is 37.6 Å². The first-order valence-electron chi connectivity index (χ1n) is 20.7. The maximum atomic E-state index is 13.9. The first-order valence-corrected chi connectivity index (χ1v) is 20.7. The molecule has 0 aliphatic carbocycles. The zero-order valence-corrected chi connectivity index (χ0v) is 36.6. The molecular formula is C40H73N7O12. The van der Waals surface area contributed by atoms with Crippen molar-refractivity contribution in [3.05, 3.63) is 0 Å². The quantitative estimate of drug-likeness (QED) is 0.112. The number of rotatable bonds is 13. The van der Waals surface area contributed by atoms with Gasteiger partial charge in [0, 0.05) is 19.6 Å². The number of carbonyl (C=O) groups excluding carboxylic acids is 6. The van der Waals surface area contributed by atoms with Gasteiger partial charge in [-0.15, -0.1) is 0 Å². The van der Waals surface area contributed by atoms with Gasteiger partial charge in [-0.05, 0) is 69.6 Å². The first-order chi connectivity index (χ1) is 27.3. The maximum absolute atomic E-state index is 13.9. The second kappa shape index (κ2) is 25.7. The molecule has 11 N–H and O–H groups in total. The lowest BCUT2D eigenvalue weighted by atomic mass is 9.97. The summed E-state index contributed by atoms with van der Waals surface area (Å²) in [6, 6.07) is -7.03. The average Bonchev–Trinajstić information content (AvgIpc) is 3.10. The summed E-state index contributed by atoms with van der Waals surface area (Å²) in [5.74, 6) is -5.76. The van der Waals surface area contributed by atoms with E-state index in [-0.39, 0.29) is 69.0 Å². The molecule has 0 saturated carbocycles. The number of hydrogen-bond donors (Lipinski definition) is 10. The number of amides is 6. The van der Waals surface area contributed by atoms with Crippen molar-refractivity contribution in [3.8, 4) is 0 Å². The highest BCUT2D eigenvalue weighted by Gasteiger charge is 2.37. The van der Waals surface area contributed by atoms with Gasteiger partial charge >= 0.3 is 5.97 Å². The zero-order valence-electron chi connectivity index (χ0n) is 36.6. The van der Waals surface area contributed by atoms with Crippen molar-refractivity contribution in [2.45, 2.75) is 162 Å². The molecular weight excluding hydrogens is 770 g/mol. The maximum Gasteiger partial charge on any atom is 0.326 e. The summed E-state index contributed by atoms with van der Waals surface area (Å²) >= 11 is 0. The Kier molecular flexibility index (Phi) is 23.1. The molecule has 0 bridgehead atoms. The van der Waals surface area contributed by atoms with Gasteiger partial charge in [0.25, 0.3) is 0 Å². The van der Waals surface area contributed by atoms with Crippen molar-refractivity contribution in [2.75, 3.05) is 26.4 Å². The number of ether oxygens (including phenoxy) is 2. The SMILES string of the molecule is CC(C)C[C@H](NC(=O)[C@@H](N)CC(C)C)C(=O)NC1CCOCC(O)C(O)COCC[C@@H](C(=O)O)NC(=O)[C@@H](CC(C)C)NC(=O)[C@H](CC(C)C)NC(=O)C(C)(C)NC1=O. The zero-order chi connectivity index (χ0) is 45.2. The van der Waals surface area contributed by atoms with Crippen molar-refractivity contribution in [1.82, 2.24) is 31.9 Å². The highest BCUT2D eigenvalue weighted by atomic mass is 16.5. The highest BCUT2D eigenvalue weighted by molar-refractivity contribution is 5.98. The Morgan fingerprint density at radius 1 is 0.729 bits per heavy atom. The summed E-state index contributed by atoms with van der Waals surface area (Å²) in [5, 5.41) is 46.6. The van der Waals surface area contributed by atoms with Crippen molar-refractivity contribution in [2.24, 2.45) is 29.4 Å². The van der Waals surface area contributed by atoms with Crippen molar-refractivity contribution < 1.29 is 58.4 Å². The van der Waals surface area contributed by atoms with Gasteiger partial charge in [-0.1, -0.05) is 55.4 Å². The van der Waals surface area contributed by atoms with Crippen molar-refractivity contribution >= 4 is 41.4 Å². The fourth-order valence-corrected chi connectivity index (χ4v) is 6.17. The number of hydrogen-bond acceptors (Lipinski definition) is 12. The minimum Gasteiger partial charge on any atom is -0.480 e. The molecule has 0 spiro atoms. The molecule has 8 atom stereocenters. The molecule has 0 radical (unpaired) electrons. The Balaban J connectivity index is 3.55. The van der Waals surface area contributed by atoms with Crippen LogP contribution in [0.1, 0.15) is 108 Å². The third kappa shape index (κ3) is 20.3. The van der Waals surface area contributed by atoms with E-state index in [1.807, 2.05) is 55.4 Å². The predicted molar refractivity (Wildman–Crippen MR) is 218 cm³/mol. The molecule has 1 saturated heterocycles. The average molecular weight is 844 g/mol. The van der Waals surface area contributed by atoms with Crippen LogP contribution in [0.4, 0.5) is 0 Å². The van der Waals surface area contributed by atoms with Crippen molar-refractivity contribution in [3.63, 3.8) is 0 Å². The second-order valence-electron chi connectivity index (χ2n) is 17.7. The van der Waals surface area contributed by atoms with E-state index in [9.17, 15) is 48.9 Å². The Bertz CT molecular complexity index is 1390. The minimum atomic E-state index is -1.68. The molecule has 6 amide bonds. The lowest BCUT2D eigenvalue weighted by Gasteiger charge is -2.31. The molecule has 1 rings (SSSR count). The van der Waals surface area contributed by atoms with Gasteiger partial charge < -0.3 is 62.4 Å². The molecule has 0 aromatic heterocycles. The monoisotopic (exact) mass is 844 g/mol. The molecule has 19 heteroatoms. The number of aliphatic hydroxyl groups excluding tert-OH is 2. The third-order valence-corrected chi connectivity index (χ3v) is 9.45. The highest BCUT2D eigenvalue weighted by Crippen LogP contribution is 2.14. The third-order valence-electron chi connectivity index (χ3n) is 9.45. The number of aliphatic hydroxyl groups is 2. The summed E-state index contributed by atoms with van der Waals surface area (Å²) in [4.78, 5) is 93.8. The van der Waals surface area contributed by atoms with E-state index in [1.54, 1.807) is 0 Å². The lowest BCUT2D eigenvalue weighted by molar-refractivity contribution is -0.143. The lowest BCUT2D eigenvalue weighted by Crippen LogP contribution is -2.63. The molecule has 1 aliphatic rings. The number of aliphatic carboxylic acids is 1. The molecule has 0 aromatic carbocycles. The largest absolute Gasteiger partial charge is 0.480 e. The van der Waals surface area contributed by atoms with Gasteiger partial charge in [-0.3, -0.25) is 28.8 Å². The molecule has 1 fully saturated rings. The molecule has 3 unspecified atom stereocenters. The number of nitrogens with one attached hydrogen (secondary N) is 6. The van der Waals surface area contributed by atoms with Crippen LogP contribution in [0.2, 0.25) is 0 Å². The van der Waals surface area contributed by atoms with Gasteiger partial charge in [-0.25, -0.2) is 4.79 Å². The van der Waals surface area contributed by atoms with Crippen LogP contribution in [0, 0.1) is 23.7 Å². The molecule has 1 aliphatic heterocycles. The van der Waals surface area contributed by atoms with Crippen LogP contribution in [-0.2, 0) is 43.0 Å². The molecule has 340 valence electrons. The fourth-order valence-electron chi connectivity index (χ4n) is 6.17. The summed E-state index contributed by atoms with van der Waals surface area (Å²) < 4.78 is 11.0. The Labute approximate surface area is 348 Å². The van der Waals surface area contributed by atoms with Crippen LogP contribution in [0.25, 0.3) is 0 Å². The number of carboxylic acids is 1.